The minimum absolute atomic E-state index is 0.0233. The van der Waals surface area contributed by atoms with Crippen LogP contribution in [0.1, 0.15) is 24.1 Å². The Labute approximate surface area is 126 Å². The molecule has 21 heavy (non-hydrogen) atoms. The second-order valence-electron chi connectivity index (χ2n) is 5.08. The third-order valence-electron chi connectivity index (χ3n) is 3.47. The molecule has 0 radical (unpaired) electrons. The van der Waals surface area contributed by atoms with E-state index in [0.717, 1.165) is 11.3 Å². The zero-order valence-corrected chi connectivity index (χ0v) is 12.9. The van der Waals surface area contributed by atoms with Crippen LogP contribution in [0.2, 0.25) is 0 Å². The molecule has 0 bridgehead atoms. The lowest BCUT2D eigenvalue weighted by atomic mass is 10.0. The lowest BCUT2D eigenvalue weighted by Gasteiger charge is -2.25. The van der Waals surface area contributed by atoms with Crippen LogP contribution in [0.25, 0.3) is 0 Å². The predicted molar refractivity (Wildman–Crippen MR) is 85.5 cm³/mol. The van der Waals surface area contributed by atoms with Crippen LogP contribution >= 0.6 is 0 Å². The van der Waals surface area contributed by atoms with E-state index in [2.05, 4.69) is 24.4 Å². The molecule has 0 aliphatic heterocycles. The summed E-state index contributed by atoms with van der Waals surface area (Å²) in [6.45, 7) is 2.68. The zero-order chi connectivity index (χ0) is 15.1. The van der Waals surface area contributed by atoms with Crippen molar-refractivity contribution in [3.63, 3.8) is 0 Å². The van der Waals surface area contributed by atoms with Gasteiger partial charge in [0.15, 0.2) is 0 Å². The predicted octanol–water partition coefficient (Wildman–Crippen LogP) is 3.56. The second-order valence-corrected chi connectivity index (χ2v) is 5.08. The number of hydrogen-bond donors (Lipinski definition) is 1. The number of hydrogen-bond acceptors (Lipinski definition) is 3. The Kier molecular flexibility index (Phi) is 5.78. The maximum Gasteiger partial charge on any atom is 0.120 e. The monoisotopic (exact) mass is 285 g/mol. The summed E-state index contributed by atoms with van der Waals surface area (Å²) in [5.41, 5.74) is 2.34. The van der Waals surface area contributed by atoms with Crippen molar-refractivity contribution >= 4 is 0 Å². The molecule has 2 atom stereocenters. The highest BCUT2D eigenvalue weighted by molar-refractivity contribution is 5.29. The highest BCUT2D eigenvalue weighted by Gasteiger charge is 2.18. The molecule has 112 valence electrons. The van der Waals surface area contributed by atoms with Gasteiger partial charge in [-0.25, -0.2) is 0 Å². The fourth-order valence-corrected chi connectivity index (χ4v) is 2.49. The van der Waals surface area contributed by atoms with E-state index in [-0.39, 0.29) is 12.1 Å². The Morgan fingerprint density at radius 2 is 1.81 bits per heavy atom. The van der Waals surface area contributed by atoms with E-state index in [1.807, 2.05) is 49.5 Å². The first-order valence-electron chi connectivity index (χ1n) is 7.21. The minimum atomic E-state index is 0.0233. The summed E-state index contributed by atoms with van der Waals surface area (Å²) in [4.78, 5) is 0. The van der Waals surface area contributed by atoms with Crippen LogP contribution in [-0.2, 0) is 11.3 Å². The smallest absolute Gasteiger partial charge is 0.120 e. The average Bonchev–Trinajstić information content (AvgIpc) is 2.50. The Bertz CT molecular complexity index is 542. The Hall–Kier alpha value is -1.84. The lowest BCUT2D eigenvalue weighted by Crippen LogP contribution is -2.31. The fourth-order valence-electron chi connectivity index (χ4n) is 2.49. The molecule has 2 aromatic rings. The van der Waals surface area contributed by atoms with Crippen LogP contribution in [-0.4, -0.2) is 20.3 Å². The van der Waals surface area contributed by atoms with Crippen LogP contribution < -0.4 is 10.1 Å². The highest BCUT2D eigenvalue weighted by atomic mass is 16.5. The highest BCUT2D eigenvalue weighted by Crippen LogP contribution is 2.22. The standard InChI is InChI=1S/C18H23NO2/c1-14(18(19-2)16-9-5-4-6-10-16)21-17-11-7-8-15(12-17)13-20-3/h4-12,14,18-19H,13H2,1-3H3. The van der Waals surface area contributed by atoms with Gasteiger partial charge in [0.2, 0.25) is 0 Å². The fraction of sp³-hybridized carbons (Fsp3) is 0.333. The molecule has 0 fully saturated rings. The summed E-state index contributed by atoms with van der Waals surface area (Å²) >= 11 is 0. The van der Waals surface area contributed by atoms with E-state index >= 15 is 0 Å². The molecule has 3 nitrogen and oxygen atoms in total. The molecule has 0 aliphatic carbocycles. The van der Waals surface area contributed by atoms with E-state index in [4.69, 9.17) is 9.47 Å². The van der Waals surface area contributed by atoms with Gasteiger partial charge in [-0.3, -0.25) is 0 Å². The number of benzene rings is 2. The van der Waals surface area contributed by atoms with Crippen LogP contribution in [0.15, 0.2) is 54.6 Å². The summed E-state index contributed by atoms with van der Waals surface area (Å²) in [5, 5.41) is 3.33. The van der Waals surface area contributed by atoms with Gasteiger partial charge in [-0.15, -0.1) is 0 Å². The molecule has 3 heteroatoms. The van der Waals surface area contributed by atoms with Crippen molar-refractivity contribution in [2.24, 2.45) is 0 Å². The molecular formula is C18H23NO2. The summed E-state index contributed by atoms with van der Waals surface area (Å²) in [5.74, 6) is 0.869. The molecule has 1 N–H and O–H groups in total. The van der Waals surface area contributed by atoms with Crippen LogP contribution in [0, 0.1) is 0 Å². The molecule has 0 aliphatic rings. The van der Waals surface area contributed by atoms with Crippen molar-refractivity contribution in [2.45, 2.75) is 25.7 Å². The molecule has 2 aromatic carbocycles. The molecule has 0 heterocycles. The first-order valence-corrected chi connectivity index (χ1v) is 7.21. The van der Waals surface area contributed by atoms with Crippen molar-refractivity contribution in [2.75, 3.05) is 14.2 Å². The average molecular weight is 285 g/mol. The van der Waals surface area contributed by atoms with Crippen molar-refractivity contribution in [1.82, 2.24) is 5.32 Å². The maximum absolute atomic E-state index is 6.09. The number of likely N-dealkylation sites (N-methyl/N-ethyl adjacent to an activating group) is 1. The molecule has 0 aromatic heterocycles. The Morgan fingerprint density at radius 3 is 2.48 bits per heavy atom. The van der Waals surface area contributed by atoms with Crippen molar-refractivity contribution < 1.29 is 9.47 Å². The zero-order valence-electron chi connectivity index (χ0n) is 12.9. The van der Waals surface area contributed by atoms with E-state index in [1.165, 1.54) is 5.56 Å². The summed E-state index contributed by atoms with van der Waals surface area (Å²) in [7, 11) is 3.65. The minimum Gasteiger partial charge on any atom is -0.489 e. The number of rotatable bonds is 7. The van der Waals surface area contributed by atoms with Gasteiger partial charge in [-0.1, -0.05) is 42.5 Å². The maximum atomic E-state index is 6.09. The van der Waals surface area contributed by atoms with Gasteiger partial charge >= 0.3 is 0 Å². The first kappa shape index (κ1) is 15.5. The lowest BCUT2D eigenvalue weighted by molar-refractivity contribution is 0.171. The molecule has 0 spiro atoms. The molecule has 2 rings (SSSR count). The number of ether oxygens (including phenoxy) is 2. The number of methoxy groups -OCH3 is 1. The van der Waals surface area contributed by atoms with Crippen LogP contribution in [0.3, 0.4) is 0 Å². The Morgan fingerprint density at radius 1 is 1.05 bits per heavy atom. The van der Waals surface area contributed by atoms with Gasteiger partial charge in [0.05, 0.1) is 12.6 Å². The van der Waals surface area contributed by atoms with E-state index in [1.54, 1.807) is 7.11 Å². The summed E-state index contributed by atoms with van der Waals surface area (Å²) < 4.78 is 11.2. The SMILES string of the molecule is CNC(c1ccccc1)C(C)Oc1cccc(COC)c1. The first-order chi connectivity index (χ1) is 10.2. The third kappa shape index (κ3) is 4.31. The van der Waals surface area contributed by atoms with Crippen molar-refractivity contribution in [1.29, 1.82) is 0 Å². The third-order valence-corrected chi connectivity index (χ3v) is 3.47. The van der Waals surface area contributed by atoms with Gasteiger partial charge in [0.1, 0.15) is 11.9 Å². The largest absolute Gasteiger partial charge is 0.489 e. The topological polar surface area (TPSA) is 30.5 Å². The van der Waals surface area contributed by atoms with E-state index < -0.39 is 0 Å². The van der Waals surface area contributed by atoms with Gasteiger partial charge in [0, 0.05) is 7.11 Å². The molecule has 0 amide bonds. The quantitative estimate of drug-likeness (QED) is 0.843. The van der Waals surface area contributed by atoms with E-state index in [0.29, 0.717) is 6.61 Å². The van der Waals surface area contributed by atoms with Crippen molar-refractivity contribution in [3.8, 4) is 5.75 Å². The Balaban J connectivity index is 2.09. The van der Waals surface area contributed by atoms with Crippen molar-refractivity contribution in [3.05, 3.63) is 65.7 Å². The van der Waals surface area contributed by atoms with Gasteiger partial charge in [0.25, 0.3) is 0 Å². The molecule has 2 unspecified atom stereocenters. The van der Waals surface area contributed by atoms with Gasteiger partial charge in [-0.2, -0.15) is 0 Å². The normalized spacial score (nSPS) is 13.7. The summed E-state index contributed by atoms with van der Waals surface area (Å²) in [6, 6.07) is 18.5. The van der Waals surface area contributed by atoms with E-state index in [9.17, 15) is 0 Å². The van der Waals surface area contributed by atoms with Gasteiger partial charge in [-0.05, 0) is 37.2 Å². The molecule has 0 saturated carbocycles. The number of nitrogens with one attached hydrogen (secondary N) is 1. The summed E-state index contributed by atoms with van der Waals surface area (Å²) in [6.07, 6.45) is 0.0233. The second kappa shape index (κ2) is 7.81. The van der Waals surface area contributed by atoms with Gasteiger partial charge < -0.3 is 14.8 Å². The molecular weight excluding hydrogens is 262 g/mol. The van der Waals surface area contributed by atoms with Crippen LogP contribution in [0.4, 0.5) is 0 Å². The molecule has 0 saturated heterocycles. The van der Waals surface area contributed by atoms with Crippen LogP contribution in [0.5, 0.6) is 5.75 Å².